The topological polar surface area (TPSA) is 89.5 Å². The predicted octanol–water partition coefficient (Wildman–Crippen LogP) is 4.70. The average molecular weight is 534 g/mol. The SMILES string of the molecule is COc1ccccc1[C@@H]1C(C(=O)OCc2ccccc2)=C(C)N=C2SC=C(CC(=O)NC[C@@H]3CCCO3)N21. The van der Waals surface area contributed by atoms with Crippen LogP contribution in [0.1, 0.15) is 43.4 Å². The lowest BCUT2D eigenvalue weighted by molar-refractivity contribution is -0.141. The minimum Gasteiger partial charge on any atom is -0.496 e. The monoisotopic (exact) mass is 533 g/mol. The molecule has 1 fully saturated rings. The number of hydrogen-bond donors (Lipinski definition) is 1. The number of amidine groups is 1. The Morgan fingerprint density at radius 3 is 2.71 bits per heavy atom. The number of ether oxygens (including phenoxy) is 3. The largest absolute Gasteiger partial charge is 0.496 e. The second-order valence-electron chi connectivity index (χ2n) is 9.31. The van der Waals surface area contributed by atoms with Crippen molar-refractivity contribution >= 4 is 28.8 Å². The molecule has 1 N–H and O–H groups in total. The van der Waals surface area contributed by atoms with Crippen molar-refractivity contribution in [2.75, 3.05) is 20.3 Å². The molecule has 9 heteroatoms. The van der Waals surface area contributed by atoms with Crippen molar-refractivity contribution in [3.05, 3.63) is 88.1 Å². The number of nitrogens with zero attached hydrogens (tertiary/aromatic N) is 2. The van der Waals surface area contributed by atoms with Gasteiger partial charge in [-0.3, -0.25) is 4.79 Å². The molecule has 2 atom stereocenters. The van der Waals surface area contributed by atoms with Crippen LogP contribution in [0.5, 0.6) is 5.75 Å². The Kier molecular flexibility index (Phi) is 8.14. The number of aliphatic imine (C=N–C) groups is 1. The Labute approximate surface area is 226 Å². The fourth-order valence-corrected chi connectivity index (χ4v) is 5.84. The van der Waals surface area contributed by atoms with Gasteiger partial charge in [0.2, 0.25) is 5.91 Å². The summed E-state index contributed by atoms with van der Waals surface area (Å²) in [5.41, 5.74) is 3.45. The number of thioether (sulfide) groups is 1. The van der Waals surface area contributed by atoms with E-state index in [-0.39, 0.29) is 25.0 Å². The molecule has 0 unspecified atom stereocenters. The van der Waals surface area contributed by atoms with Gasteiger partial charge >= 0.3 is 5.97 Å². The van der Waals surface area contributed by atoms with E-state index in [9.17, 15) is 9.59 Å². The molecule has 3 heterocycles. The predicted molar refractivity (Wildman–Crippen MR) is 146 cm³/mol. The lowest BCUT2D eigenvalue weighted by Gasteiger charge is -2.36. The first kappa shape index (κ1) is 26.1. The first-order chi connectivity index (χ1) is 18.5. The van der Waals surface area contributed by atoms with Gasteiger partial charge in [0, 0.05) is 24.4 Å². The number of allylic oxidation sites excluding steroid dienone is 1. The van der Waals surface area contributed by atoms with Crippen molar-refractivity contribution < 1.29 is 23.8 Å². The molecule has 0 spiro atoms. The maximum atomic E-state index is 13.6. The molecule has 0 aromatic heterocycles. The molecule has 2 aromatic rings. The lowest BCUT2D eigenvalue weighted by atomic mass is 9.93. The highest BCUT2D eigenvalue weighted by molar-refractivity contribution is 8.16. The molecule has 1 saturated heterocycles. The van der Waals surface area contributed by atoms with E-state index < -0.39 is 12.0 Å². The van der Waals surface area contributed by atoms with Crippen LogP contribution in [-0.4, -0.2) is 48.3 Å². The van der Waals surface area contributed by atoms with Gasteiger partial charge in [-0.1, -0.05) is 60.3 Å². The molecule has 8 nitrogen and oxygen atoms in total. The number of amides is 1. The van der Waals surface area contributed by atoms with E-state index in [0.29, 0.717) is 28.7 Å². The number of benzene rings is 2. The number of methoxy groups -OCH3 is 1. The van der Waals surface area contributed by atoms with E-state index in [4.69, 9.17) is 19.2 Å². The van der Waals surface area contributed by atoms with E-state index in [1.54, 1.807) is 7.11 Å². The Hall–Kier alpha value is -3.56. The summed E-state index contributed by atoms with van der Waals surface area (Å²) in [6.07, 6.45) is 2.19. The van der Waals surface area contributed by atoms with Gasteiger partial charge in [-0.05, 0) is 36.8 Å². The molecular weight excluding hydrogens is 502 g/mol. The van der Waals surface area contributed by atoms with Crippen LogP contribution in [0, 0.1) is 0 Å². The second kappa shape index (κ2) is 11.9. The van der Waals surface area contributed by atoms with Crippen LogP contribution in [-0.2, 0) is 25.7 Å². The van der Waals surface area contributed by atoms with Crippen LogP contribution in [0.2, 0.25) is 0 Å². The molecule has 2 aromatic carbocycles. The molecule has 0 aliphatic carbocycles. The van der Waals surface area contributed by atoms with Gasteiger partial charge in [-0.15, -0.1) is 0 Å². The summed E-state index contributed by atoms with van der Waals surface area (Å²) in [5, 5.41) is 5.63. The number of hydrogen-bond acceptors (Lipinski definition) is 8. The van der Waals surface area contributed by atoms with E-state index in [2.05, 4.69) is 5.32 Å². The second-order valence-corrected chi connectivity index (χ2v) is 10.1. The molecule has 0 radical (unpaired) electrons. The number of nitrogens with one attached hydrogen (secondary N) is 1. The zero-order chi connectivity index (χ0) is 26.5. The summed E-state index contributed by atoms with van der Waals surface area (Å²) >= 11 is 1.44. The van der Waals surface area contributed by atoms with Gasteiger partial charge in [0.15, 0.2) is 5.17 Å². The van der Waals surface area contributed by atoms with Crippen LogP contribution >= 0.6 is 11.8 Å². The summed E-state index contributed by atoms with van der Waals surface area (Å²) in [7, 11) is 1.61. The van der Waals surface area contributed by atoms with Crippen molar-refractivity contribution in [3.8, 4) is 5.75 Å². The van der Waals surface area contributed by atoms with E-state index in [1.807, 2.05) is 71.8 Å². The minimum absolute atomic E-state index is 0.0656. The van der Waals surface area contributed by atoms with Crippen LogP contribution in [0.15, 0.2) is 82.0 Å². The van der Waals surface area contributed by atoms with E-state index in [0.717, 1.165) is 36.3 Å². The molecule has 198 valence electrons. The molecular formula is C29H31N3O5S. The summed E-state index contributed by atoms with van der Waals surface area (Å²) in [6, 6.07) is 16.6. The summed E-state index contributed by atoms with van der Waals surface area (Å²) in [5.74, 6) is 0.0787. The van der Waals surface area contributed by atoms with Crippen LogP contribution in [0.3, 0.4) is 0 Å². The van der Waals surface area contributed by atoms with Gasteiger partial charge in [0.25, 0.3) is 0 Å². The normalized spacial score (nSPS) is 20.5. The Morgan fingerprint density at radius 2 is 1.95 bits per heavy atom. The zero-order valence-corrected chi connectivity index (χ0v) is 22.3. The van der Waals surface area contributed by atoms with Crippen LogP contribution < -0.4 is 10.1 Å². The minimum atomic E-state index is -0.561. The fourth-order valence-electron chi connectivity index (χ4n) is 4.88. The highest BCUT2D eigenvalue weighted by Crippen LogP contribution is 2.46. The average Bonchev–Trinajstić information content (AvgIpc) is 3.60. The van der Waals surface area contributed by atoms with Gasteiger partial charge < -0.3 is 24.4 Å². The van der Waals surface area contributed by atoms with Crippen LogP contribution in [0.4, 0.5) is 0 Å². The molecule has 3 aliphatic heterocycles. The van der Waals surface area contributed by atoms with Crippen molar-refractivity contribution in [1.82, 2.24) is 10.2 Å². The number of esters is 1. The molecule has 5 rings (SSSR count). The standard InChI is InChI=1S/C29H31N3O5S/c1-19-26(28(34)37-17-20-9-4-3-5-10-20)27(23-12-6-7-13-24(23)35-2)32-21(18-38-29(32)31-19)15-25(33)30-16-22-11-8-14-36-22/h3-7,9-10,12-13,18,22,27H,8,11,14-17H2,1-2H3,(H,30,33)/t22-,27+/m0/s1. The van der Waals surface area contributed by atoms with Crippen molar-refractivity contribution in [3.63, 3.8) is 0 Å². The number of para-hydroxylation sites is 1. The van der Waals surface area contributed by atoms with Crippen molar-refractivity contribution in [1.29, 1.82) is 0 Å². The van der Waals surface area contributed by atoms with Gasteiger partial charge in [0.05, 0.1) is 36.9 Å². The third-order valence-corrected chi connectivity index (χ3v) is 7.65. The highest BCUT2D eigenvalue weighted by atomic mass is 32.2. The number of fused-ring (bicyclic) bond motifs is 1. The maximum absolute atomic E-state index is 13.6. The lowest BCUT2D eigenvalue weighted by Crippen LogP contribution is -2.39. The van der Waals surface area contributed by atoms with Gasteiger partial charge in [-0.25, -0.2) is 9.79 Å². The summed E-state index contributed by atoms with van der Waals surface area (Å²) in [4.78, 5) is 33.2. The van der Waals surface area contributed by atoms with Gasteiger partial charge in [0.1, 0.15) is 12.4 Å². The van der Waals surface area contributed by atoms with E-state index >= 15 is 0 Å². The zero-order valence-electron chi connectivity index (χ0n) is 21.5. The number of rotatable bonds is 9. The number of carbonyl (C=O) groups is 2. The Bertz CT molecular complexity index is 1280. The third-order valence-electron chi connectivity index (χ3n) is 6.76. The molecule has 0 saturated carbocycles. The molecule has 1 amide bonds. The molecule has 0 bridgehead atoms. The maximum Gasteiger partial charge on any atom is 0.338 e. The Balaban J connectivity index is 1.42. The van der Waals surface area contributed by atoms with Gasteiger partial charge in [-0.2, -0.15) is 0 Å². The third kappa shape index (κ3) is 5.63. The molecule has 38 heavy (non-hydrogen) atoms. The fraction of sp³-hybridized carbons (Fsp3) is 0.345. The summed E-state index contributed by atoms with van der Waals surface area (Å²) < 4.78 is 17.1. The quantitative estimate of drug-likeness (QED) is 0.468. The molecule has 3 aliphatic rings. The van der Waals surface area contributed by atoms with E-state index in [1.165, 1.54) is 11.8 Å². The highest BCUT2D eigenvalue weighted by Gasteiger charge is 2.42. The smallest absolute Gasteiger partial charge is 0.338 e. The van der Waals surface area contributed by atoms with Crippen LogP contribution in [0.25, 0.3) is 0 Å². The summed E-state index contributed by atoms with van der Waals surface area (Å²) in [6.45, 7) is 3.20. The van der Waals surface area contributed by atoms with Crippen molar-refractivity contribution in [2.24, 2.45) is 4.99 Å². The first-order valence-corrected chi connectivity index (χ1v) is 13.6. The Morgan fingerprint density at radius 1 is 1.16 bits per heavy atom. The van der Waals surface area contributed by atoms with Crippen molar-refractivity contribution in [2.45, 2.75) is 44.9 Å². The first-order valence-electron chi connectivity index (χ1n) is 12.7. The number of carbonyl (C=O) groups excluding carboxylic acids is 2.